The van der Waals surface area contributed by atoms with Gasteiger partial charge in [0.1, 0.15) is 5.75 Å². The molecule has 7 nitrogen and oxygen atoms in total. The molecule has 0 atom stereocenters. The summed E-state index contributed by atoms with van der Waals surface area (Å²) >= 11 is 1.000. The second-order valence-corrected chi connectivity index (χ2v) is 4.19. The number of amides is 1. The van der Waals surface area contributed by atoms with Crippen LogP contribution in [0.1, 0.15) is 10.4 Å². The molecule has 0 bridgehead atoms. The molecule has 0 spiro atoms. The quantitative estimate of drug-likeness (QED) is 0.644. The highest BCUT2D eigenvalue weighted by Crippen LogP contribution is 2.33. The first-order valence-corrected chi connectivity index (χ1v) is 5.60. The van der Waals surface area contributed by atoms with Crippen molar-refractivity contribution < 1.29 is 14.8 Å². The Labute approximate surface area is 105 Å². The normalized spacial score (nSPS) is 10.2. The van der Waals surface area contributed by atoms with Crippen molar-refractivity contribution in [2.45, 2.75) is 0 Å². The summed E-state index contributed by atoms with van der Waals surface area (Å²) < 4.78 is 0. The second-order valence-electron chi connectivity index (χ2n) is 3.33. The Kier molecular flexibility index (Phi) is 2.94. The lowest BCUT2D eigenvalue weighted by Gasteiger charge is -2.03. The van der Waals surface area contributed by atoms with Crippen molar-refractivity contribution in [1.82, 2.24) is 4.98 Å². The lowest BCUT2D eigenvalue weighted by molar-refractivity contribution is -0.389. The fraction of sp³-hybridized carbons (Fsp3) is 0. The molecule has 1 aromatic heterocycles. The topological polar surface area (TPSA) is 119 Å². The Balaban J connectivity index is 2.59. The number of nitrogens with zero attached hydrogens (tertiary/aromatic N) is 2. The van der Waals surface area contributed by atoms with Crippen molar-refractivity contribution in [3.8, 4) is 16.3 Å². The van der Waals surface area contributed by atoms with Crippen molar-refractivity contribution >= 4 is 23.1 Å². The number of rotatable bonds is 3. The zero-order valence-corrected chi connectivity index (χ0v) is 9.68. The summed E-state index contributed by atoms with van der Waals surface area (Å²) in [6, 6.07) is 4.33. The number of thiazole rings is 1. The Morgan fingerprint density at radius 3 is 2.78 bits per heavy atom. The Bertz CT molecular complexity index is 638. The van der Waals surface area contributed by atoms with E-state index in [1.807, 2.05) is 0 Å². The van der Waals surface area contributed by atoms with Crippen LogP contribution in [0.4, 0.5) is 5.82 Å². The molecule has 2 aromatic rings. The SMILES string of the molecule is NC(=O)c1c(O)cccc1-c1nc([N+](=O)[O-])cs1. The van der Waals surface area contributed by atoms with Crippen molar-refractivity contribution in [2.24, 2.45) is 5.73 Å². The zero-order valence-electron chi connectivity index (χ0n) is 8.86. The Morgan fingerprint density at radius 1 is 1.50 bits per heavy atom. The predicted molar refractivity (Wildman–Crippen MR) is 64.4 cm³/mol. The first-order valence-electron chi connectivity index (χ1n) is 4.72. The molecule has 0 aliphatic heterocycles. The number of hydrogen-bond acceptors (Lipinski definition) is 6. The van der Waals surface area contributed by atoms with Gasteiger partial charge < -0.3 is 21.0 Å². The largest absolute Gasteiger partial charge is 0.507 e. The average molecular weight is 265 g/mol. The molecular formula is C10H7N3O4S. The molecule has 92 valence electrons. The van der Waals surface area contributed by atoms with E-state index >= 15 is 0 Å². The number of aromatic nitrogens is 1. The summed E-state index contributed by atoms with van der Waals surface area (Å²) in [7, 11) is 0. The molecule has 0 saturated heterocycles. The third-order valence-corrected chi connectivity index (χ3v) is 3.06. The molecular weight excluding hydrogens is 258 g/mol. The number of hydrogen-bond donors (Lipinski definition) is 2. The molecule has 0 unspecified atom stereocenters. The Hall–Kier alpha value is -2.48. The monoisotopic (exact) mass is 265 g/mol. The first-order chi connectivity index (χ1) is 8.50. The minimum Gasteiger partial charge on any atom is -0.507 e. The van der Waals surface area contributed by atoms with E-state index in [9.17, 15) is 20.0 Å². The first kappa shape index (κ1) is 12.0. The van der Waals surface area contributed by atoms with Crippen molar-refractivity contribution in [2.75, 3.05) is 0 Å². The molecule has 1 aromatic carbocycles. The number of phenols is 1. The van der Waals surface area contributed by atoms with Gasteiger partial charge in [0.15, 0.2) is 0 Å². The number of carbonyl (C=O) groups is 1. The van der Waals surface area contributed by atoms with Gasteiger partial charge in [0, 0.05) is 0 Å². The molecule has 8 heteroatoms. The van der Waals surface area contributed by atoms with E-state index in [-0.39, 0.29) is 27.7 Å². The lowest BCUT2D eigenvalue weighted by atomic mass is 10.1. The van der Waals surface area contributed by atoms with Crippen LogP contribution in [0, 0.1) is 10.1 Å². The molecule has 1 amide bonds. The molecule has 2 rings (SSSR count). The maximum Gasteiger partial charge on any atom is 0.375 e. The summed E-state index contributed by atoms with van der Waals surface area (Å²) in [4.78, 5) is 24.9. The van der Waals surface area contributed by atoms with Gasteiger partial charge in [-0.15, -0.1) is 0 Å². The van der Waals surface area contributed by atoms with Gasteiger partial charge in [-0.05, 0) is 22.0 Å². The van der Waals surface area contributed by atoms with Gasteiger partial charge in [-0.3, -0.25) is 4.79 Å². The molecule has 0 aliphatic rings. The highest BCUT2D eigenvalue weighted by atomic mass is 32.1. The third-order valence-electron chi connectivity index (χ3n) is 2.20. The van der Waals surface area contributed by atoms with Crippen LogP contribution in [0.25, 0.3) is 10.6 Å². The lowest BCUT2D eigenvalue weighted by Crippen LogP contribution is -2.12. The molecule has 18 heavy (non-hydrogen) atoms. The van der Waals surface area contributed by atoms with Crippen LogP contribution in [0.2, 0.25) is 0 Å². The van der Waals surface area contributed by atoms with E-state index in [1.165, 1.54) is 23.6 Å². The van der Waals surface area contributed by atoms with Crippen LogP contribution in [0.5, 0.6) is 5.75 Å². The summed E-state index contributed by atoms with van der Waals surface area (Å²) in [5, 5.41) is 21.6. The fourth-order valence-electron chi connectivity index (χ4n) is 1.45. The van der Waals surface area contributed by atoms with E-state index in [4.69, 9.17) is 5.73 Å². The van der Waals surface area contributed by atoms with Gasteiger partial charge in [-0.25, -0.2) is 0 Å². The van der Waals surface area contributed by atoms with Gasteiger partial charge in [0.05, 0.1) is 16.5 Å². The number of benzene rings is 1. The standard InChI is InChI=1S/C10H7N3O4S/c11-9(15)8-5(2-1-3-6(8)14)10-12-7(4-18-10)13(16)17/h1-4,14H,(H2,11,15). The highest BCUT2D eigenvalue weighted by Gasteiger charge is 2.22. The van der Waals surface area contributed by atoms with Crippen LogP contribution in [-0.4, -0.2) is 20.9 Å². The van der Waals surface area contributed by atoms with Crippen LogP contribution in [0.3, 0.4) is 0 Å². The minimum atomic E-state index is -0.819. The van der Waals surface area contributed by atoms with Crippen LogP contribution in [0.15, 0.2) is 23.6 Å². The summed E-state index contributed by atoms with van der Waals surface area (Å²) in [6.07, 6.45) is 0. The van der Waals surface area contributed by atoms with Gasteiger partial charge in [-0.1, -0.05) is 17.4 Å². The van der Waals surface area contributed by atoms with Crippen LogP contribution in [-0.2, 0) is 0 Å². The number of primary amides is 1. The maximum atomic E-state index is 11.3. The number of carbonyl (C=O) groups excluding carboxylic acids is 1. The smallest absolute Gasteiger partial charge is 0.375 e. The zero-order chi connectivity index (χ0) is 13.3. The third kappa shape index (κ3) is 2.00. The van der Waals surface area contributed by atoms with Gasteiger partial charge >= 0.3 is 5.82 Å². The number of aromatic hydroxyl groups is 1. The predicted octanol–water partition coefficient (Wildman–Crippen LogP) is 1.52. The average Bonchev–Trinajstić information content (AvgIpc) is 2.77. The molecule has 0 saturated carbocycles. The van der Waals surface area contributed by atoms with Crippen LogP contribution < -0.4 is 5.73 Å². The van der Waals surface area contributed by atoms with E-state index < -0.39 is 10.8 Å². The summed E-state index contributed by atoms with van der Waals surface area (Å²) in [5.41, 5.74) is 5.35. The van der Waals surface area contributed by atoms with E-state index in [0.717, 1.165) is 11.3 Å². The number of nitro groups is 1. The molecule has 0 fully saturated rings. The molecule has 0 aliphatic carbocycles. The van der Waals surface area contributed by atoms with Gasteiger partial charge in [0.2, 0.25) is 5.01 Å². The molecule has 0 radical (unpaired) electrons. The Morgan fingerprint density at radius 2 is 2.22 bits per heavy atom. The summed E-state index contributed by atoms with van der Waals surface area (Å²) in [5.74, 6) is -1.41. The van der Waals surface area contributed by atoms with Gasteiger partial charge in [-0.2, -0.15) is 0 Å². The van der Waals surface area contributed by atoms with Crippen molar-refractivity contribution in [1.29, 1.82) is 0 Å². The summed E-state index contributed by atoms with van der Waals surface area (Å²) in [6.45, 7) is 0. The minimum absolute atomic E-state index is 0.0956. The molecule has 1 heterocycles. The van der Waals surface area contributed by atoms with Crippen molar-refractivity contribution in [3.05, 3.63) is 39.3 Å². The van der Waals surface area contributed by atoms with E-state index in [0.29, 0.717) is 0 Å². The fourth-order valence-corrected chi connectivity index (χ4v) is 2.25. The highest BCUT2D eigenvalue weighted by molar-refractivity contribution is 7.13. The van der Waals surface area contributed by atoms with Gasteiger partial charge in [0.25, 0.3) is 5.91 Å². The number of nitrogens with two attached hydrogens (primary N) is 1. The van der Waals surface area contributed by atoms with E-state index in [1.54, 1.807) is 0 Å². The van der Waals surface area contributed by atoms with E-state index in [2.05, 4.69) is 4.98 Å². The maximum absolute atomic E-state index is 11.3. The molecule has 3 N–H and O–H groups in total. The van der Waals surface area contributed by atoms with Crippen molar-refractivity contribution in [3.63, 3.8) is 0 Å². The van der Waals surface area contributed by atoms with Crippen LogP contribution >= 0.6 is 11.3 Å². The second kappa shape index (κ2) is 4.41.